The Morgan fingerprint density at radius 3 is 2.22 bits per heavy atom. The van der Waals surface area contributed by atoms with E-state index in [0.29, 0.717) is 6.42 Å². The van der Waals surface area contributed by atoms with E-state index in [-0.39, 0.29) is 32.0 Å². The summed E-state index contributed by atoms with van der Waals surface area (Å²) in [6.45, 7) is 2.42. The molecule has 0 bridgehead atoms. The maximum absolute atomic E-state index is 11.4. The lowest BCUT2D eigenvalue weighted by Gasteiger charge is -2.19. The number of methoxy groups -OCH3 is 1. The molecule has 0 heterocycles. The first kappa shape index (κ1) is 17.8. The van der Waals surface area contributed by atoms with Gasteiger partial charge in [0.1, 0.15) is 0 Å². The third-order valence-corrected chi connectivity index (χ3v) is 5.06. The Kier molecular flexibility index (Phi) is 7.95. The van der Waals surface area contributed by atoms with Crippen LogP contribution in [-0.4, -0.2) is 66.5 Å². The van der Waals surface area contributed by atoms with E-state index in [1.54, 1.807) is 6.92 Å². The van der Waals surface area contributed by atoms with Crippen molar-refractivity contribution in [3.63, 3.8) is 0 Å². The number of ether oxygens (including phenoxy) is 1. The summed E-state index contributed by atoms with van der Waals surface area (Å²) in [6.07, 6.45) is 1.61. The summed E-state index contributed by atoms with van der Waals surface area (Å²) in [5, 5.41) is 0. The normalized spacial score (nSPS) is 13.1. The molecule has 0 fully saturated rings. The second-order valence-corrected chi connectivity index (χ2v) is 7.78. The lowest BCUT2D eigenvalue weighted by atomic mass is 10.6. The second-order valence-electron chi connectivity index (χ2n) is 3.87. The summed E-state index contributed by atoms with van der Waals surface area (Å²) < 4.78 is 53.9. The summed E-state index contributed by atoms with van der Waals surface area (Å²) in [7, 11) is -5.17. The van der Waals surface area contributed by atoms with Crippen molar-refractivity contribution < 1.29 is 21.6 Å². The molecule has 0 aliphatic carbocycles. The van der Waals surface area contributed by atoms with E-state index >= 15 is 0 Å². The number of hydrogen-bond acceptors (Lipinski definition) is 5. The lowest BCUT2D eigenvalue weighted by Crippen LogP contribution is -2.40. The molecule has 7 nitrogen and oxygen atoms in total. The molecule has 110 valence electrons. The van der Waals surface area contributed by atoms with Crippen molar-refractivity contribution in [1.29, 1.82) is 0 Å². The van der Waals surface area contributed by atoms with Gasteiger partial charge in [-0.05, 0) is 6.42 Å². The molecule has 0 aromatic rings. The number of sulfonamides is 2. The van der Waals surface area contributed by atoms with Gasteiger partial charge in [-0.2, -0.15) is 4.31 Å². The van der Waals surface area contributed by atoms with E-state index in [2.05, 4.69) is 4.72 Å². The van der Waals surface area contributed by atoms with E-state index in [4.69, 9.17) is 4.74 Å². The molecule has 1 N–H and O–H groups in total. The van der Waals surface area contributed by atoms with Crippen LogP contribution in [0.4, 0.5) is 0 Å². The second kappa shape index (κ2) is 8.05. The van der Waals surface area contributed by atoms with Crippen LogP contribution >= 0.6 is 0 Å². The number of nitrogens with one attached hydrogen (secondary N) is 1. The van der Waals surface area contributed by atoms with Gasteiger partial charge in [0, 0.05) is 26.7 Å². The fourth-order valence-electron chi connectivity index (χ4n) is 1.30. The fourth-order valence-corrected chi connectivity index (χ4v) is 3.22. The highest BCUT2D eigenvalue weighted by atomic mass is 32.2. The zero-order valence-corrected chi connectivity index (χ0v) is 12.7. The molecular weight excluding hydrogens is 280 g/mol. The highest BCUT2D eigenvalue weighted by Crippen LogP contribution is 1.97. The van der Waals surface area contributed by atoms with Crippen LogP contribution in [0.2, 0.25) is 0 Å². The summed E-state index contributed by atoms with van der Waals surface area (Å²) in [4.78, 5) is 0. The molecule has 0 unspecified atom stereocenters. The topological polar surface area (TPSA) is 92.8 Å². The molecule has 0 atom stereocenters. The van der Waals surface area contributed by atoms with Gasteiger partial charge >= 0.3 is 0 Å². The third kappa shape index (κ3) is 7.98. The van der Waals surface area contributed by atoms with Crippen molar-refractivity contribution in [3.8, 4) is 0 Å². The van der Waals surface area contributed by atoms with Crippen LogP contribution in [0.1, 0.15) is 13.3 Å². The van der Waals surface area contributed by atoms with Crippen LogP contribution in [0.15, 0.2) is 0 Å². The van der Waals surface area contributed by atoms with Gasteiger partial charge < -0.3 is 4.74 Å². The van der Waals surface area contributed by atoms with Crippen LogP contribution in [0.25, 0.3) is 0 Å². The zero-order chi connectivity index (χ0) is 14.2. The summed E-state index contributed by atoms with van der Waals surface area (Å²) >= 11 is 0. The minimum absolute atomic E-state index is 0.0456. The average Bonchev–Trinajstić information content (AvgIpc) is 2.21. The molecule has 0 saturated carbocycles. The molecule has 0 aromatic heterocycles. The van der Waals surface area contributed by atoms with Crippen molar-refractivity contribution in [2.75, 3.05) is 45.4 Å². The largest absolute Gasteiger partial charge is 0.383 e. The SMILES string of the molecule is CCCS(=O)(=O)NCCN(CCOC)S(C)(=O)=O. The third-order valence-electron chi connectivity index (χ3n) is 2.17. The molecule has 0 saturated heterocycles. The van der Waals surface area contributed by atoms with Gasteiger partial charge in [0.2, 0.25) is 20.0 Å². The van der Waals surface area contributed by atoms with Crippen LogP contribution in [0.3, 0.4) is 0 Å². The molecule has 0 radical (unpaired) electrons. The van der Waals surface area contributed by atoms with Gasteiger partial charge in [-0.25, -0.2) is 21.6 Å². The predicted molar refractivity (Wildman–Crippen MR) is 70.4 cm³/mol. The quantitative estimate of drug-likeness (QED) is 0.572. The van der Waals surface area contributed by atoms with Crippen molar-refractivity contribution in [3.05, 3.63) is 0 Å². The molecule has 0 spiro atoms. The number of rotatable bonds is 10. The first-order valence-corrected chi connectivity index (χ1v) is 9.14. The van der Waals surface area contributed by atoms with Crippen LogP contribution in [0.5, 0.6) is 0 Å². The maximum Gasteiger partial charge on any atom is 0.211 e. The Labute approximate surface area is 110 Å². The van der Waals surface area contributed by atoms with Crippen molar-refractivity contribution in [2.45, 2.75) is 13.3 Å². The number of nitrogens with zero attached hydrogens (tertiary/aromatic N) is 1. The van der Waals surface area contributed by atoms with Crippen LogP contribution in [-0.2, 0) is 24.8 Å². The Morgan fingerprint density at radius 1 is 1.17 bits per heavy atom. The fraction of sp³-hybridized carbons (Fsp3) is 1.00. The number of hydrogen-bond donors (Lipinski definition) is 1. The maximum atomic E-state index is 11.4. The summed E-state index contributed by atoms with van der Waals surface area (Å²) in [5.74, 6) is 0.0456. The van der Waals surface area contributed by atoms with Crippen molar-refractivity contribution in [1.82, 2.24) is 9.03 Å². The first-order valence-electron chi connectivity index (χ1n) is 5.64. The average molecular weight is 302 g/mol. The summed E-state index contributed by atoms with van der Waals surface area (Å²) in [6, 6.07) is 0. The smallest absolute Gasteiger partial charge is 0.211 e. The monoisotopic (exact) mass is 302 g/mol. The van der Waals surface area contributed by atoms with E-state index in [1.807, 2.05) is 0 Å². The van der Waals surface area contributed by atoms with Crippen LogP contribution in [0, 0.1) is 0 Å². The lowest BCUT2D eigenvalue weighted by molar-refractivity contribution is 0.179. The van der Waals surface area contributed by atoms with Gasteiger partial charge in [-0.3, -0.25) is 0 Å². The predicted octanol–water partition coefficient (Wildman–Crippen LogP) is -0.776. The van der Waals surface area contributed by atoms with Gasteiger partial charge in [-0.15, -0.1) is 0 Å². The minimum atomic E-state index is -3.35. The van der Waals surface area contributed by atoms with Gasteiger partial charge in [0.25, 0.3) is 0 Å². The molecule has 0 aliphatic heterocycles. The highest BCUT2D eigenvalue weighted by Gasteiger charge is 2.17. The van der Waals surface area contributed by atoms with E-state index in [1.165, 1.54) is 11.4 Å². The molecule has 9 heteroatoms. The van der Waals surface area contributed by atoms with E-state index in [9.17, 15) is 16.8 Å². The molecule has 18 heavy (non-hydrogen) atoms. The summed E-state index contributed by atoms with van der Waals surface area (Å²) in [5.41, 5.74) is 0. The molecule has 0 amide bonds. The molecule has 0 aliphatic rings. The zero-order valence-electron chi connectivity index (χ0n) is 11.0. The highest BCUT2D eigenvalue weighted by molar-refractivity contribution is 7.89. The van der Waals surface area contributed by atoms with Crippen LogP contribution < -0.4 is 4.72 Å². The Balaban J connectivity index is 4.29. The molecule has 0 aromatic carbocycles. The van der Waals surface area contributed by atoms with Gasteiger partial charge in [0.05, 0.1) is 18.6 Å². The van der Waals surface area contributed by atoms with Gasteiger partial charge in [0.15, 0.2) is 0 Å². The Morgan fingerprint density at radius 2 is 1.78 bits per heavy atom. The Bertz CT molecular complexity index is 418. The van der Waals surface area contributed by atoms with E-state index < -0.39 is 20.0 Å². The first-order chi connectivity index (χ1) is 8.23. The van der Waals surface area contributed by atoms with E-state index in [0.717, 1.165) is 6.26 Å². The molecular formula is C9H22N2O5S2. The standard InChI is InChI=1S/C9H22N2O5S2/c1-4-9-18(14,15)10-5-6-11(7-8-16-2)17(3,12)13/h10H,4-9H2,1-3H3. The minimum Gasteiger partial charge on any atom is -0.383 e. The Hall–Kier alpha value is -0.220. The van der Waals surface area contributed by atoms with Crippen molar-refractivity contribution >= 4 is 20.0 Å². The van der Waals surface area contributed by atoms with Gasteiger partial charge in [-0.1, -0.05) is 6.92 Å². The molecule has 0 rings (SSSR count). The van der Waals surface area contributed by atoms with Crippen molar-refractivity contribution in [2.24, 2.45) is 0 Å².